The Labute approximate surface area is 221 Å². The van der Waals surface area contributed by atoms with E-state index in [1.54, 1.807) is 56.7 Å². The molecule has 38 heavy (non-hydrogen) atoms. The van der Waals surface area contributed by atoms with Gasteiger partial charge in [-0.15, -0.1) is 0 Å². The van der Waals surface area contributed by atoms with Gasteiger partial charge in [0, 0.05) is 17.0 Å². The minimum absolute atomic E-state index is 0.149. The van der Waals surface area contributed by atoms with Crippen LogP contribution in [0.2, 0.25) is 0 Å². The number of nitrogens with zero attached hydrogens (tertiary/aromatic N) is 2. The molecule has 1 fully saturated rings. The number of hydrogen-bond acceptors (Lipinski definition) is 8. The largest absolute Gasteiger partial charge is 0.493 e. The Kier molecular flexibility index (Phi) is 6.94. The lowest BCUT2D eigenvalue weighted by Crippen LogP contribution is -2.43. The summed E-state index contributed by atoms with van der Waals surface area (Å²) in [6.07, 6.45) is 0.619. The third kappa shape index (κ3) is 4.12. The number of ether oxygens (including phenoxy) is 4. The zero-order valence-electron chi connectivity index (χ0n) is 21.7. The van der Waals surface area contributed by atoms with Crippen LogP contribution in [0.25, 0.3) is 0 Å². The van der Waals surface area contributed by atoms with Crippen molar-refractivity contribution in [2.75, 3.05) is 35.0 Å². The normalized spacial score (nSPS) is 22.2. The molecule has 0 aromatic heterocycles. The molecule has 198 valence electrons. The number of methoxy groups -OCH3 is 4. The summed E-state index contributed by atoms with van der Waals surface area (Å²) < 4.78 is 22.0. The highest BCUT2D eigenvalue weighted by atomic mass is 16.6. The number of benzene rings is 3. The van der Waals surface area contributed by atoms with Crippen LogP contribution < -0.4 is 18.9 Å². The maximum absolute atomic E-state index is 14.1. The average molecular weight is 519 g/mol. The molecular formula is C29H30N2O7. The van der Waals surface area contributed by atoms with Crippen molar-refractivity contribution in [3.8, 4) is 23.0 Å². The van der Waals surface area contributed by atoms with E-state index in [1.165, 1.54) is 14.2 Å². The summed E-state index contributed by atoms with van der Waals surface area (Å²) >= 11 is 0. The van der Waals surface area contributed by atoms with Crippen LogP contribution in [0.3, 0.4) is 0 Å². The number of hydrogen-bond donors (Lipinski definition) is 0. The SMILES string of the molecule is COc1ccc([C@@H]2[C@@H]([N+](=O)[O-])[C@H]3c4cc(OC)c(OC)cc4CCN3[C@@H]2C(=O)c2ccccc2)cc1OC. The number of carbonyl (C=O) groups is 1. The fraction of sp³-hybridized carbons (Fsp3) is 0.345. The lowest BCUT2D eigenvalue weighted by molar-refractivity contribution is -0.529. The zero-order valence-corrected chi connectivity index (χ0v) is 21.7. The van der Waals surface area contributed by atoms with Gasteiger partial charge in [0.05, 0.1) is 40.4 Å². The molecule has 0 spiro atoms. The molecule has 0 radical (unpaired) electrons. The van der Waals surface area contributed by atoms with E-state index in [0.29, 0.717) is 47.1 Å². The zero-order chi connectivity index (χ0) is 27.0. The molecule has 2 heterocycles. The molecule has 0 bridgehead atoms. The van der Waals surface area contributed by atoms with E-state index in [1.807, 2.05) is 23.1 Å². The van der Waals surface area contributed by atoms with Crippen LogP contribution in [0, 0.1) is 10.1 Å². The predicted molar refractivity (Wildman–Crippen MR) is 140 cm³/mol. The molecule has 1 saturated heterocycles. The minimum atomic E-state index is -1.09. The van der Waals surface area contributed by atoms with E-state index in [-0.39, 0.29) is 10.7 Å². The lowest BCUT2D eigenvalue weighted by atomic mass is 9.82. The van der Waals surface area contributed by atoms with Gasteiger partial charge in [-0.25, -0.2) is 0 Å². The van der Waals surface area contributed by atoms with Crippen molar-refractivity contribution in [2.45, 2.75) is 30.5 Å². The van der Waals surface area contributed by atoms with Crippen LogP contribution in [0.5, 0.6) is 23.0 Å². The summed E-state index contributed by atoms with van der Waals surface area (Å²) in [5.41, 5.74) is 2.90. The molecule has 3 aromatic carbocycles. The Hall–Kier alpha value is -4.11. The van der Waals surface area contributed by atoms with E-state index < -0.39 is 24.0 Å². The molecule has 9 nitrogen and oxygen atoms in total. The Balaban J connectivity index is 1.72. The quantitative estimate of drug-likeness (QED) is 0.247. The number of ketones is 1. The van der Waals surface area contributed by atoms with Crippen molar-refractivity contribution in [1.29, 1.82) is 0 Å². The monoisotopic (exact) mass is 518 g/mol. The van der Waals surface area contributed by atoms with E-state index in [2.05, 4.69) is 0 Å². The molecule has 9 heteroatoms. The summed E-state index contributed by atoms with van der Waals surface area (Å²) in [6.45, 7) is 0.491. The Morgan fingerprint density at radius 3 is 2.13 bits per heavy atom. The smallest absolute Gasteiger partial charge is 0.241 e. The Morgan fingerprint density at radius 1 is 0.868 bits per heavy atom. The van der Waals surface area contributed by atoms with Gasteiger partial charge in [0.1, 0.15) is 6.04 Å². The molecule has 0 N–H and O–H groups in total. The van der Waals surface area contributed by atoms with Crippen molar-refractivity contribution in [2.24, 2.45) is 0 Å². The van der Waals surface area contributed by atoms with Gasteiger partial charge < -0.3 is 18.9 Å². The van der Waals surface area contributed by atoms with Crippen molar-refractivity contribution in [3.63, 3.8) is 0 Å². The Morgan fingerprint density at radius 2 is 1.50 bits per heavy atom. The fourth-order valence-corrected chi connectivity index (χ4v) is 6.05. The number of rotatable bonds is 8. The van der Waals surface area contributed by atoms with Crippen LogP contribution in [-0.4, -0.2) is 62.7 Å². The highest BCUT2D eigenvalue weighted by molar-refractivity contribution is 6.01. The van der Waals surface area contributed by atoms with Gasteiger partial charge in [0.2, 0.25) is 6.04 Å². The first-order valence-corrected chi connectivity index (χ1v) is 12.4. The van der Waals surface area contributed by atoms with Crippen LogP contribution in [-0.2, 0) is 6.42 Å². The number of Topliss-reactive ketones (excluding diaryl/α,β-unsaturated/α-hetero) is 1. The highest BCUT2D eigenvalue weighted by Crippen LogP contribution is 2.52. The van der Waals surface area contributed by atoms with Gasteiger partial charge in [-0.3, -0.25) is 19.8 Å². The fourth-order valence-electron chi connectivity index (χ4n) is 6.05. The van der Waals surface area contributed by atoms with Crippen molar-refractivity contribution < 1.29 is 28.7 Å². The molecule has 4 atom stereocenters. The predicted octanol–water partition coefficient (Wildman–Crippen LogP) is 4.31. The highest BCUT2D eigenvalue weighted by Gasteiger charge is 2.60. The molecule has 2 aliphatic rings. The molecule has 5 rings (SSSR count). The molecule has 0 saturated carbocycles. The number of carbonyl (C=O) groups excluding carboxylic acids is 1. The Bertz CT molecular complexity index is 1360. The third-order valence-electron chi connectivity index (χ3n) is 7.71. The third-order valence-corrected chi connectivity index (χ3v) is 7.71. The maximum Gasteiger partial charge on any atom is 0.241 e. The molecule has 0 aliphatic carbocycles. The second kappa shape index (κ2) is 10.3. The van der Waals surface area contributed by atoms with Gasteiger partial charge in [-0.05, 0) is 47.4 Å². The topological polar surface area (TPSA) is 100 Å². The van der Waals surface area contributed by atoms with Crippen molar-refractivity contribution in [1.82, 2.24) is 4.90 Å². The maximum atomic E-state index is 14.1. The summed E-state index contributed by atoms with van der Waals surface area (Å²) in [5, 5.41) is 12.9. The van der Waals surface area contributed by atoms with Gasteiger partial charge in [-0.2, -0.15) is 0 Å². The first kappa shape index (κ1) is 25.5. The lowest BCUT2D eigenvalue weighted by Gasteiger charge is -2.35. The molecule has 2 aliphatic heterocycles. The van der Waals surface area contributed by atoms with Crippen molar-refractivity contribution in [3.05, 3.63) is 93.0 Å². The first-order chi connectivity index (χ1) is 18.4. The van der Waals surface area contributed by atoms with Crippen molar-refractivity contribution >= 4 is 5.78 Å². The van der Waals surface area contributed by atoms with Crippen LogP contribution in [0.15, 0.2) is 60.7 Å². The molecule has 0 amide bonds. The first-order valence-electron chi connectivity index (χ1n) is 12.4. The summed E-state index contributed by atoms with van der Waals surface area (Å²) in [4.78, 5) is 28.7. The van der Waals surface area contributed by atoms with E-state index in [9.17, 15) is 14.9 Å². The average Bonchev–Trinajstić information content (AvgIpc) is 3.31. The van der Waals surface area contributed by atoms with Gasteiger partial charge >= 0.3 is 0 Å². The van der Waals surface area contributed by atoms with Gasteiger partial charge in [-0.1, -0.05) is 36.4 Å². The number of fused-ring (bicyclic) bond motifs is 3. The van der Waals surface area contributed by atoms with E-state index in [4.69, 9.17) is 18.9 Å². The van der Waals surface area contributed by atoms with Crippen LogP contribution in [0.4, 0.5) is 0 Å². The van der Waals surface area contributed by atoms with Gasteiger partial charge in [0.15, 0.2) is 28.8 Å². The number of nitro groups is 1. The minimum Gasteiger partial charge on any atom is -0.493 e. The van der Waals surface area contributed by atoms with Crippen LogP contribution >= 0.6 is 0 Å². The molecule has 0 unspecified atom stereocenters. The second-order valence-corrected chi connectivity index (χ2v) is 9.43. The van der Waals surface area contributed by atoms with E-state index in [0.717, 1.165) is 11.1 Å². The summed E-state index contributed by atoms with van der Waals surface area (Å²) in [7, 11) is 6.16. The summed E-state index contributed by atoms with van der Waals surface area (Å²) in [5.74, 6) is 1.15. The second-order valence-electron chi connectivity index (χ2n) is 9.43. The summed E-state index contributed by atoms with van der Waals surface area (Å²) in [6, 6.07) is 15.5. The van der Waals surface area contributed by atoms with E-state index >= 15 is 0 Å². The molecular weight excluding hydrogens is 488 g/mol. The molecule has 3 aromatic rings. The van der Waals surface area contributed by atoms with Crippen LogP contribution in [0.1, 0.15) is 39.0 Å². The van der Waals surface area contributed by atoms with Gasteiger partial charge in [0.25, 0.3) is 0 Å². The standard InChI is InChI=1S/C29H30N2O7/c1-35-21-11-10-19(15-22(21)36-2)25-27(31(33)34)26-20-16-24(38-4)23(37-3)14-18(20)12-13-30(26)28(25)29(32)17-8-6-5-7-9-17/h5-11,14-16,25-28H,12-13H2,1-4H3/t25-,26-,27-,28+/m1/s1.